The Hall–Kier alpha value is -3.22. The number of aromatic nitrogens is 4. The minimum atomic E-state index is 0.00384. The van der Waals surface area contributed by atoms with Crippen LogP contribution in [-0.2, 0) is 6.54 Å². The molecule has 0 amide bonds. The van der Waals surface area contributed by atoms with Crippen molar-refractivity contribution in [2.75, 3.05) is 37.6 Å². The van der Waals surface area contributed by atoms with Gasteiger partial charge in [-0.1, -0.05) is 72.3 Å². The van der Waals surface area contributed by atoms with Gasteiger partial charge in [-0.05, 0) is 45.8 Å². The Balaban J connectivity index is 1.27. The SMILES string of the molecule is Clc1ccc(N2CCN(CCn3nnnc3C(c3ccccc3)c3ccccc3)CC2)cc1. The molecule has 0 spiro atoms. The summed E-state index contributed by atoms with van der Waals surface area (Å²) in [5.74, 6) is 0.886. The van der Waals surface area contributed by atoms with Crippen molar-refractivity contribution in [3.8, 4) is 0 Å². The Labute approximate surface area is 199 Å². The van der Waals surface area contributed by atoms with E-state index in [1.54, 1.807) is 0 Å². The van der Waals surface area contributed by atoms with Gasteiger partial charge in [-0.2, -0.15) is 0 Å². The number of nitrogens with zero attached hydrogens (tertiary/aromatic N) is 6. The molecule has 1 saturated heterocycles. The molecule has 0 aliphatic carbocycles. The van der Waals surface area contributed by atoms with Gasteiger partial charge in [-0.15, -0.1) is 5.10 Å². The number of hydrogen-bond donors (Lipinski definition) is 0. The molecule has 0 unspecified atom stereocenters. The Morgan fingerprint density at radius 2 is 1.33 bits per heavy atom. The van der Waals surface area contributed by atoms with Crippen LogP contribution in [0.15, 0.2) is 84.9 Å². The maximum absolute atomic E-state index is 6.03. The maximum Gasteiger partial charge on any atom is 0.163 e. The Morgan fingerprint density at radius 1 is 0.727 bits per heavy atom. The zero-order valence-electron chi connectivity index (χ0n) is 18.5. The summed E-state index contributed by atoms with van der Waals surface area (Å²) in [7, 11) is 0. The third-order valence-corrected chi connectivity index (χ3v) is 6.53. The fourth-order valence-electron chi connectivity index (χ4n) is 4.48. The van der Waals surface area contributed by atoms with Crippen molar-refractivity contribution in [3.05, 3.63) is 107 Å². The first kappa shape index (κ1) is 21.6. The number of hydrogen-bond acceptors (Lipinski definition) is 5. The van der Waals surface area contributed by atoms with E-state index >= 15 is 0 Å². The van der Waals surface area contributed by atoms with Crippen LogP contribution in [0.3, 0.4) is 0 Å². The van der Waals surface area contributed by atoms with Gasteiger partial charge in [0.1, 0.15) is 0 Å². The molecule has 0 N–H and O–H groups in total. The third-order valence-electron chi connectivity index (χ3n) is 6.28. The molecule has 0 radical (unpaired) electrons. The van der Waals surface area contributed by atoms with E-state index in [2.05, 4.69) is 86.0 Å². The highest BCUT2D eigenvalue weighted by molar-refractivity contribution is 6.30. The van der Waals surface area contributed by atoms with Crippen molar-refractivity contribution in [2.45, 2.75) is 12.5 Å². The second kappa shape index (κ2) is 10.1. The lowest BCUT2D eigenvalue weighted by Gasteiger charge is -2.36. The normalized spacial score (nSPS) is 14.7. The van der Waals surface area contributed by atoms with E-state index in [4.69, 9.17) is 11.6 Å². The summed E-state index contributed by atoms with van der Waals surface area (Å²) >= 11 is 6.03. The molecule has 1 aliphatic rings. The Morgan fingerprint density at radius 3 is 1.94 bits per heavy atom. The number of rotatable bonds is 7. The molecule has 1 fully saturated rings. The minimum Gasteiger partial charge on any atom is -0.369 e. The molecule has 0 saturated carbocycles. The highest BCUT2D eigenvalue weighted by Crippen LogP contribution is 2.30. The average Bonchev–Trinajstić information content (AvgIpc) is 3.33. The summed E-state index contributed by atoms with van der Waals surface area (Å²) in [6.45, 7) is 5.71. The number of anilines is 1. The molecular weight excluding hydrogens is 432 g/mol. The van der Waals surface area contributed by atoms with E-state index in [0.717, 1.165) is 50.1 Å². The van der Waals surface area contributed by atoms with Gasteiger partial charge in [0, 0.05) is 43.4 Å². The zero-order chi connectivity index (χ0) is 22.5. The number of benzene rings is 3. The van der Waals surface area contributed by atoms with Gasteiger partial charge in [-0.25, -0.2) is 4.68 Å². The van der Waals surface area contributed by atoms with E-state index in [-0.39, 0.29) is 5.92 Å². The molecule has 3 aromatic carbocycles. The quantitative estimate of drug-likeness (QED) is 0.412. The van der Waals surface area contributed by atoms with E-state index in [1.165, 1.54) is 16.8 Å². The Bertz CT molecular complexity index is 1100. The van der Waals surface area contributed by atoms with Crippen molar-refractivity contribution < 1.29 is 0 Å². The van der Waals surface area contributed by atoms with E-state index < -0.39 is 0 Å². The maximum atomic E-state index is 6.03. The average molecular weight is 459 g/mol. The molecule has 168 valence electrons. The van der Waals surface area contributed by atoms with Gasteiger partial charge < -0.3 is 4.90 Å². The summed E-state index contributed by atoms with van der Waals surface area (Å²) in [5, 5.41) is 13.6. The van der Waals surface area contributed by atoms with Crippen molar-refractivity contribution in [1.29, 1.82) is 0 Å². The predicted molar refractivity (Wildman–Crippen MR) is 132 cm³/mol. The molecule has 4 aromatic rings. The smallest absolute Gasteiger partial charge is 0.163 e. The largest absolute Gasteiger partial charge is 0.369 e. The van der Waals surface area contributed by atoms with Gasteiger partial charge >= 0.3 is 0 Å². The summed E-state index contributed by atoms with van der Waals surface area (Å²) < 4.78 is 1.97. The first-order valence-electron chi connectivity index (χ1n) is 11.4. The molecule has 0 atom stereocenters. The first-order valence-corrected chi connectivity index (χ1v) is 11.7. The zero-order valence-corrected chi connectivity index (χ0v) is 19.2. The van der Waals surface area contributed by atoms with Crippen LogP contribution in [0.25, 0.3) is 0 Å². The standard InChI is InChI=1S/C26H27ClN6/c27-23-11-13-24(14-12-23)32-18-15-31(16-19-32)17-20-33-26(28-29-30-33)25(21-7-3-1-4-8-21)22-9-5-2-6-10-22/h1-14,25H,15-20H2. The van der Waals surface area contributed by atoms with Crippen molar-refractivity contribution in [2.24, 2.45) is 0 Å². The molecule has 2 heterocycles. The lowest BCUT2D eigenvalue weighted by molar-refractivity contribution is 0.242. The van der Waals surface area contributed by atoms with Crippen LogP contribution in [0.4, 0.5) is 5.69 Å². The lowest BCUT2D eigenvalue weighted by Crippen LogP contribution is -2.47. The molecule has 33 heavy (non-hydrogen) atoms. The van der Waals surface area contributed by atoms with Gasteiger partial charge in [0.15, 0.2) is 5.82 Å². The van der Waals surface area contributed by atoms with Crippen molar-refractivity contribution >= 4 is 17.3 Å². The molecular formula is C26H27ClN6. The lowest BCUT2D eigenvalue weighted by atomic mass is 9.90. The highest BCUT2D eigenvalue weighted by Gasteiger charge is 2.24. The first-order chi connectivity index (χ1) is 16.3. The van der Waals surface area contributed by atoms with Crippen LogP contribution in [0.5, 0.6) is 0 Å². The van der Waals surface area contributed by atoms with Gasteiger partial charge in [-0.3, -0.25) is 4.90 Å². The van der Waals surface area contributed by atoms with Crippen LogP contribution >= 0.6 is 11.6 Å². The van der Waals surface area contributed by atoms with Crippen LogP contribution in [0, 0.1) is 0 Å². The van der Waals surface area contributed by atoms with Crippen molar-refractivity contribution in [1.82, 2.24) is 25.1 Å². The molecule has 6 nitrogen and oxygen atoms in total. The molecule has 1 aliphatic heterocycles. The highest BCUT2D eigenvalue weighted by atomic mass is 35.5. The number of piperazine rings is 1. The van der Waals surface area contributed by atoms with Crippen LogP contribution in [-0.4, -0.2) is 57.8 Å². The third kappa shape index (κ3) is 5.07. The van der Waals surface area contributed by atoms with Crippen LogP contribution in [0.2, 0.25) is 5.02 Å². The fraction of sp³-hybridized carbons (Fsp3) is 0.269. The molecule has 0 bridgehead atoms. The number of tetrazole rings is 1. The summed E-state index contributed by atoms with van der Waals surface area (Å²) in [6.07, 6.45) is 0. The van der Waals surface area contributed by atoms with Crippen molar-refractivity contribution in [3.63, 3.8) is 0 Å². The topological polar surface area (TPSA) is 50.1 Å². The fourth-order valence-corrected chi connectivity index (χ4v) is 4.60. The van der Waals surface area contributed by atoms with Gasteiger partial charge in [0.05, 0.1) is 12.5 Å². The van der Waals surface area contributed by atoms with Gasteiger partial charge in [0.25, 0.3) is 0 Å². The molecule has 7 heteroatoms. The Kier molecular flexibility index (Phi) is 6.65. The summed E-state index contributed by atoms with van der Waals surface area (Å²) in [5.41, 5.74) is 3.61. The van der Waals surface area contributed by atoms with E-state index in [1.807, 2.05) is 28.9 Å². The van der Waals surface area contributed by atoms with Gasteiger partial charge in [0.2, 0.25) is 0 Å². The molecule has 1 aromatic heterocycles. The van der Waals surface area contributed by atoms with E-state index in [0.29, 0.717) is 0 Å². The monoisotopic (exact) mass is 458 g/mol. The summed E-state index contributed by atoms with van der Waals surface area (Å²) in [4.78, 5) is 4.90. The predicted octanol–water partition coefficient (Wildman–Crippen LogP) is 4.33. The van der Waals surface area contributed by atoms with Crippen LogP contribution < -0.4 is 4.90 Å². The second-order valence-corrected chi connectivity index (χ2v) is 8.76. The van der Waals surface area contributed by atoms with Crippen LogP contribution in [0.1, 0.15) is 22.9 Å². The number of halogens is 1. The summed E-state index contributed by atoms with van der Waals surface area (Å²) in [6, 6.07) is 29.0. The van der Waals surface area contributed by atoms with E-state index in [9.17, 15) is 0 Å². The molecule has 5 rings (SSSR count). The minimum absolute atomic E-state index is 0.00384. The second-order valence-electron chi connectivity index (χ2n) is 8.32.